The molecule has 1 amide bonds. The van der Waals surface area contributed by atoms with Gasteiger partial charge in [-0.3, -0.25) is 9.78 Å². The number of pyridine rings is 1. The van der Waals surface area contributed by atoms with Gasteiger partial charge < -0.3 is 10.1 Å². The maximum Gasteiger partial charge on any atom is 0.270 e. The average Bonchev–Trinajstić information content (AvgIpc) is 2.46. The Hall–Kier alpha value is -2.36. The van der Waals surface area contributed by atoms with Gasteiger partial charge in [0.15, 0.2) is 0 Å². The molecule has 4 heteroatoms. The molecule has 0 atom stereocenters. The van der Waals surface area contributed by atoms with Crippen LogP contribution in [0.4, 0.5) is 0 Å². The van der Waals surface area contributed by atoms with Crippen molar-refractivity contribution in [3.05, 3.63) is 59.9 Å². The van der Waals surface area contributed by atoms with Crippen molar-refractivity contribution in [2.24, 2.45) is 0 Å². The molecule has 0 saturated carbocycles. The number of hydrogen-bond donors (Lipinski definition) is 1. The van der Waals surface area contributed by atoms with Crippen molar-refractivity contribution in [3.63, 3.8) is 0 Å². The lowest BCUT2D eigenvalue weighted by molar-refractivity contribution is 0.0945. The van der Waals surface area contributed by atoms with Gasteiger partial charge in [0.25, 0.3) is 5.91 Å². The summed E-state index contributed by atoms with van der Waals surface area (Å²) in [5.41, 5.74) is 1.40. The molecule has 0 saturated heterocycles. The second-order valence-corrected chi connectivity index (χ2v) is 3.75. The molecule has 2 aromatic rings. The highest BCUT2D eigenvalue weighted by Gasteiger charge is 2.07. The Kier molecular flexibility index (Phi) is 3.91. The number of nitrogens with one attached hydrogen (secondary N) is 1. The van der Waals surface area contributed by atoms with Crippen LogP contribution in [0.1, 0.15) is 16.1 Å². The average molecular weight is 242 g/mol. The van der Waals surface area contributed by atoms with Gasteiger partial charge in [0.2, 0.25) is 0 Å². The van der Waals surface area contributed by atoms with Gasteiger partial charge >= 0.3 is 0 Å². The second-order valence-electron chi connectivity index (χ2n) is 3.75. The van der Waals surface area contributed by atoms with Gasteiger partial charge in [0.1, 0.15) is 11.4 Å². The fourth-order valence-electron chi connectivity index (χ4n) is 1.53. The number of aromatic nitrogens is 1. The molecule has 18 heavy (non-hydrogen) atoms. The number of hydrogen-bond acceptors (Lipinski definition) is 3. The Bertz CT molecular complexity index is 526. The monoisotopic (exact) mass is 242 g/mol. The third-order valence-corrected chi connectivity index (χ3v) is 2.50. The topological polar surface area (TPSA) is 51.2 Å². The first-order chi connectivity index (χ1) is 8.79. The van der Waals surface area contributed by atoms with Crippen LogP contribution in [-0.2, 0) is 6.54 Å². The van der Waals surface area contributed by atoms with Crippen LogP contribution >= 0.6 is 0 Å². The summed E-state index contributed by atoms with van der Waals surface area (Å²) >= 11 is 0. The fraction of sp³-hybridized carbons (Fsp3) is 0.143. The molecule has 0 fully saturated rings. The van der Waals surface area contributed by atoms with E-state index in [2.05, 4.69) is 10.3 Å². The summed E-state index contributed by atoms with van der Waals surface area (Å²) < 4.78 is 5.05. The van der Waals surface area contributed by atoms with Crippen LogP contribution in [0.3, 0.4) is 0 Å². The van der Waals surface area contributed by atoms with Gasteiger partial charge in [0, 0.05) is 18.8 Å². The lowest BCUT2D eigenvalue weighted by atomic mass is 10.2. The maximum atomic E-state index is 11.9. The van der Waals surface area contributed by atoms with Crippen LogP contribution in [0, 0.1) is 0 Å². The van der Waals surface area contributed by atoms with Gasteiger partial charge in [-0.1, -0.05) is 30.3 Å². The van der Waals surface area contributed by atoms with Gasteiger partial charge in [-0.15, -0.1) is 0 Å². The summed E-state index contributed by atoms with van der Waals surface area (Å²) in [6, 6.07) is 13.0. The Morgan fingerprint density at radius 3 is 2.78 bits per heavy atom. The fourth-order valence-corrected chi connectivity index (χ4v) is 1.53. The zero-order chi connectivity index (χ0) is 12.8. The van der Waals surface area contributed by atoms with E-state index in [1.54, 1.807) is 25.4 Å². The zero-order valence-corrected chi connectivity index (χ0v) is 10.1. The highest BCUT2D eigenvalue weighted by molar-refractivity contribution is 5.92. The highest BCUT2D eigenvalue weighted by Crippen LogP contribution is 2.09. The van der Waals surface area contributed by atoms with Crippen LogP contribution in [0.15, 0.2) is 48.7 Å². The van der Waals surface area contributed by atoms with Crippen LogP contribution < -0.4 is 10.1 Å². The highest BCUT2D eigenvalue weighted by atomic mass is 16.5. The number of nitrogens with zero attached hydrogens (tertiary/aromatic N) is 1. The first-order valence-electron chi connectivity index (χ1n) is 5.62. The van der Waals surface area contributed by atoms with Gasteiger partial charge in [-0.05, 0) is 11.6 Å². The molecule has 0 aliphatic rings. The quantitative estimate of drug-likeness (QED) is 0.892. The summed E-state index contributed by atoms with van der Waals surface area (Å²) in [5, 5.41) is 2.81. The normalized spacial score (nSPS) is 9.83. The van der Waals surface area contributed by atoms with Crippen LogP contribution in [-0.4, -0.2) is 18.0 Å². The van der Waals surface area contributed by atoms with Crippen molar-refractivity contribution >= 4 is 5.91 Å². The van der Waals surface area contributed by atoms with Crippen molar-refractivity contribution in [1.29, 1.82) is 0 Å². The van der Waals surface area contributed by atoms with Gasteiger partial charge in [-0.25, -0.2) is 0 Å². The summed E-state index contributed by atoms with van der Waals surface area (Å²) in [6.07, 6.45) is 1.55. The number of rotatable bonds is 4. The van der Waals surface area contributed by atoms with Crippen molar-refractivity contribution in [3.8, 4) is 5.75 Å². The SMILES string of the molecule is COc1ccnc(C(=O)NCc2ccccc2)c1. The number of ether oxygens (including phenoxy) is 1. The van der Waals surface area contributed by atoms with Crippen LogP contribution in [0.5, 0.6) is 5.75 Å². The van der Waals surface area contributed by atoms with E-state index in [-0.39, 0.29) is 5.91 Å². The lowest BCUT2D eigenvalue weighted by Crippen LogP contribution is -2.23. The second kappa shape index (κ2) is 5.82. The minimum Gasteiger partial charge on any atom is -0.497 e. The minimum atomic E-state index is -0.210. The van der Waals surface area contributed by atoms with Crippen molar-refractivity contribution < 1.29 is 9.53 Å². The van der Waals surface area contributed by atoms with E-state index in [9.17, 15) is 4.79 Å². The molecule has 1 aromatic heterocycles. The minimum absolute atomic E-state index is 0.210. The van der Waals surface area contributed by atoms with E-state index in [1.807, 2.05) is 30.3 Å². The molecule has 0 bridgehead atoms. The molecule has 1 heterocycles. The molecule has 0 aliphatic heterocycles. The summed E-state index contributed by atoms with van der Waals surface area (Å²) in [7, 11) is 1.56. The predicted octanol–water partition coefficient (Wildman–Crippen LogP) is 2.02. The molecule has 1 N–H and O–H groups in total. The molecule has 92 valence electrons. The Labute approximate surface area is 106 Å². The Morgan fingerprint density at radius 2 is 2.06 bits per heavy atom. The van der Waals surface area contributed by atoms with Crippen LogP contribution in [0.25, 0.3) is 0 Å². The third-order valence-electron chi connectivity index (χ3n) is 2.50. The largest absolute Gasteiger partial charge is 0.497 e. The summed E-state index contributed by atoms with van der Waals surface area (Å²) in [5.74, 6) is 0.410. The predicted molar refractivity (Wildman–Crippen MR) is 68.4 cm³/mol. The van der Waals surface area contributed by atoms with Crippen molar-refractivity contribution in [2.45, 2.75) is 6.54 Å². The van der Waals surface area contributed by atoms with E-state index in [1.165, 1.54) is 0 Å². The van der Waals surface area contributed by atoms with Gasteiger partial charge in [0.05, 0.1) is 7.11 Å². The number of benzene rings is 1. The molecular formula is C14H14N2O2. The van der Waals surface area contributed by atoms with E-state index in [4.69, 9.17) is 4.74 Å². The molecule has 4 nitrogen and oxygen atoms in total. The molecule has 0 aliphatic carbocycles. The third kappa shape index (κ3) is 3.07. The number of carbonyl (C=O) groups is 1. The summed E-state index contributed by atoms with van der Waals surface area (Å²) in [4.78, 5) is 15.9. The smallest absolute Gasteiger partial charge is 0.270 e. The van der Waals surface area contributed by atoms with E-state index in [0.717, 1.165) is 5.56 Å². The van der Waals surface area contributed by atoms with Gasteiger partial charge in [-0.2, -0.15) is 0 Å². The van der Waals surface area contributed by atoms with E-state index < -0.39 is 0 Å². The lowest BCUT2D eigenvalue weighted by Gasteiger charge is -2.05. The van der Waals surface area contributed by atoms with Crippen molar-refractivity contribution in [1.82, 2.24) is 10.3 Å². The number of carbonyl (C=O) groups excluding carboxylic acids is 1. The molecule has 1 aromatic carbocycles. The Balaban J connectivity index is 1.99. The molecule has 0 radical (unpaired) electrons. The molecular weight excluding hydrogens is 228 g/mol. The maximum absolute atomic E-state index is 11.9. The van der Waals surface area contributed by atoms with Crippen molar-refractivity contribution in [2.75, 3.05) is 7.11 Å². The molecule has 0 unspecified atom stereocenters. The molecule has 0 spiro atoms. The van der Waals surface area contributed by atoms with E-state index >= 15 is 0 Å². The first-order valence-corrected chi connectivity index (χ1v) is 5.62. The standard InChI is InChI=1S/C14H14N2O2/c1-18-12-7-8-15-13(9-12)14(17)16-10-11-5-3-2-4-6-11/h2-9H,10H2,1H3,(H,16,17). The zero-order valence-electron chi connectivity index (χ0n) is 10.1. The summed E-state index contributed by atoms with van der Waals surface area (Å²) in [6.45, 7) is 0.485. The first kappa shape index (κ1) is 12.1. The Morgan fingerprint density at radius 1 is 1.28 bits per heavy atom. The molecule has 2 rings (SSSR count). The number of methoxy groups -OCH3 is 1. The van der Waals surface area contributed by atoms with Crippen LogP contribution in [0.2, 0.25) is 0 Å². The number of amides is 1. The van der Waals surface area contributed by atoms with E-state index in [0.29, 0.717) is 18.0 Å².